The highest BCUT2D eigenvalue weighted by Crippen LogP contribution is 2.25. The average Bonchev–Trinajstić information content (AvgIpc) is 2.57. The summed E-state index contributed by atoms with van der Waals surface area (Å²) in [7, 11) is 1.67. The zero-order valence-corrected chi connectivity index (χ0v) is 14.6. The minimum absolute atomic E-state index is 0.0740. The van der Waals surface area contributed by atoms with Crippen LogP contribution in [-0.4, -0.2) is 31.6 Å². The van der Waals surface area contributed by atoms with Gasteiger partial charge in [0.2, 0.25) is 5.91 Å². The van der Waals surface area contributed by atoms with Gasteiger partial charge < -0.3 is 20.7 Å². The summed E-state index contributed by atoms with van der Waals surface area (Å²) in [5.41, 5.74) is 1.73. The molecule has 6 heteroatoms. The Hall–Kier alpha value is -2.24. The second kappa shape index (κ2) is 8.57. The zero-order valence-electron chi connectivity index (χ0n) is 14.6. The Kier molecular flexibility index (Phi) is 6.46. The maximum atomic E-state index is 12.1. The van der Waals surface area contributed by atoms with Crippen molar-refractivity contribution in [1.82, 2.24) is 10.6 Å². The highest BCUT2D eigenvalue weighted by atomic mass is 16.5. The number of benzene rings is 1. The summed E-state index contributed by atoms with van der Waals surface area (Å²) in [6.07, 6.45) is 3.28. The van der Waals surface area contributed by atoms with Crippen LogP contribution in [-0.2, 0) is 4.79 Å². The highest BCUT2D eigenvalue weighted by molar-refractivity contribution is 5.89. The van der Waals surface area contributed by atoms with Crippen LogP contribution < -0.4 is 20.7 Å². The molecule has 0 aromatic heterocycles. The molecule has 1 aromatic rings. The van der Waals surface area contributed by atoms with Gasteiger partial charge in [-0.15, -0.1) is 0 Å². The van der Waals surface area contributed by atoms with E-state index in [1.165, 1.54) is 0 Å². The first kappa shape index (κ1) is 18.1. The molecule has 132 valence electrons. The summed E-state index contributed by atoms with van der Waals surface area (Å²) in [6.45, 7) is 4.51. The molecule has 0 aliphatic heterocycles. The summed E-state index contributed by atoms with van der Waals surface area (Å²) in [6, 6.07) is 5.51. The number of amides is 3. The third-order valence-corrected chi connectivity index (χ3v) is 4.41. The maximum absolute atomic E-state index is 12.1. The maximum Gasteiger partial charge on any atom is 0.319 e. The quantitative estimate of drug-likeness (QED) is 0.775. The van der Waals surface area contributed by atoms with Crippen molar-refractivity contribution in [2.45, 2.75) is 45.6 Å². The number of anilines is 1. The Bertz CT molecular complexity index is 581. The predicted molar refractivity (Wildman–Crippen MR) is 94.3 cm³/mol. The summed E-state index contributed by atoms with van der Waals surface area (Å²) in [5, 5.41) is 8.54. The molecule has 1 aliphatic rings. The van der Waals surface area contributed by atoms with Gasteiger partial charge in [0.05, 0.1) is 6.61 Å². The molecule has 0 atom stereocenters. The van der Waals surface area contributed by atoms with E-state index in [2.05, 4.69) is 16.0 Å². The molecule has 0 unspecified atom stereocenters. The fourth-order valence-corrected chi connectivity index (χ4v) is 3.10. The van der Waals surface area contributed by atoms with Gasteiger partial charge in [0.15, 0.2) is 0 Å². The largest absolute Gasteiger partial charge is 0.494 e. The zero-order chi connectivity index (χ0) is 17.5. The van der Waals surface area contributed by atoms with Gasteiger partial charge in [0, 0.05) is 24.7 Å². The van der Waals surface area contributed by atoms with Gasteiger partial charge in [-0.2, -0.15) is 0 Å². The SMILES string of the molecule is CCOc1ccc(NC(=O)NC2CCC(C(=O)NC)CC2)cc1C. The van der Waals surface area contributed by atoms with E-state index in [1.807, 2.05) is 32.0 Å². The molecule has 3 amide bonds. The smallest absolute Gasteiger partial charge is 0.319 e. The van der Waals surface area contributed by atoms with Crippen molar-refractivity contribution in [3.05, 3.63) is 23.8 Å². The van der Waals surface area contributed by atoms with Crippen LogP contribution >= 0.6 is 0 Å². The lowest BCUT2D eigenvalue weighted by Crippen LogP contribution is -2.42. The van der Waals surface area contributed by atoms with Gasteiger partial charge in [0.25, 0.3) is 0 Å². The lowest BCUT2D eigenvalue weighted by atomic mass is 9.85. The van der Waals surface area contributed by atoms with Crippen LogP contribution in [0.3, 0.4) is 0 Å². The van der Waals surface area contributed by atoms with Crippen LogP contribution in [0.2, 0.25) is 0 Å². The highest BCUT2D eigenvalue weighted by Gasteiger charge is 2.26. The van der Waals surface area contributed by atoms with Crippen LogP contribution in [0.1, 0.15) is 38.2 Å². The number of hydrogen-bond acceptors (Lipinski definition) is 3. The van der Waals surface area contributed by atoms with Gasteiger partial charge in [0.1, 0.15) is 5.75 Å². The molecule has 0 radical (unpaired) electrons. The number of urea groups is 1. The first-order valence-corrected chi connectivity index (χ1v) is 8.56. The molecule has 1 saturated carbocycles. The van der Waals surface area contributed by atoms with E-state index >= 15 is 0 Å². The Balaban J connectivity index is 1.82. The molecule has 0 spiro atoms. The van der Waals surface area contributed by atoms with Gasteiger partial charge in [-0.3, -0.25) is 4.79 Å². The molecule has 6 nitrogen and oxygen atoms in total. The molecule has 24 heavy (non-hydrogen) atoms. The third-order valence-electron chi connectivity index (χ3n) is 4.41. The Morgan fingerprint density at radius 3 is 2.50 bits per heavy atom. The summed E-state index contributed by atoms with van der Waals surface area (Å²) < 4.78 is 5.50. The lowest BCUT2D eigenvalue weighted by Gasteiger charge is -2.28. The predicted octanol–water partition coefficient (Wildman–Crippen LogP) is 2.82. The molecule has 0 heterocycles. The van der Waals surface area contributed by atoms with Crippen molar-refractivity contribution >= 4 is 17.6 Å². The Labute approximate surface area is 143 Å². The standard InChI is InChI=1S/C18H27N3O3/c1-4-24-16-10-9-15(11-12(16)2)21-18(23)20-14-7-5-13(6-8-14)17(22)19-3/h9-11,13-14H,4-8H2,1-3H3,(H,19,22)(H2,20,21,23). The van der Waals surface area contributed by atoms with Crippen LogP contribution in [0.25, 0.3) is 0 Å². The van der Waals surface area contributed by atoms with E-state index in [9.17, 15) is 9.59 Å². The van der Waals surface area contributed by atoms with Crippen LogP contribution in [0, 0.1) is 12.8 Å². The van der Waals surface area contributed by atoms with Gasteiger partial charge in [-0.25, -0.2) is 4.79 Å². The van der Waals surface area contributed by atoms with E-state index < -0.39 is 0 Å². The van der Waals surface area contributed by atoms with E-state index in [1.54, 1.807) is 7.05 Å². The minimum atomic E-state index is -0.207. The average molecular weight is 333 g/mol. The molecular weight excluding hydrogens is 306 g/mol. The van der Waals surface area contributed by atoms with Crippen LogP contribution in [0.4, 0.5) is 10.5 Å². The van der Waals surface area contributed by atoms with E-state index in [-0.39, 0.29) is 23.9 Å². The molecule has 0 saturated heterocycles. The molecule has 3 N–H and O–H groups in total. The second-order valence-corrected chi connectivity index (χ2v) is 6.17. The van der Waals surface area contributed by atoms with Crippen molar-refractivity contribution in [2.24, 2.45) is 5.92 Å². The molecular formula is C18H27N3O3. The van der Waals surface area contributed by atoms with Crippen LogP contribution in [0.15, 0.2) is 18.2 Å². The van der Waals surface area contributed by atoms with Crippen molar-refractivity contribution in [2.75, 3.05) is 19.0 Å². The number of rotatable bonds is 5. The number of aryl methyl sites for hydroxylation is 1. The monoisotopic (exact) mass is 333 g/mol. The number of nitrogens with one attached hydrogen (secondary N) is 3. The van der Waals surface area contributed by atoms with Gasteiger partial charge in [-0.05, 0) is 63.3 Å². The van der Waals surface area contributed by atoms with Crippen molar-refractivity contribution < 1.29 is 14.3 Å². The van der Waals surface area contributed by atoms with Crippen LogP contribution in [0.5, 0.6) is 5.75 Å². The molecule has 2 rings (SSSR count). The molecule has 0 bridgehead atoms. The summed E-state index contributed by atoms with van der Waals surface area (Å²) in [5.74, 6) is 1.00. The molecule has 1 fully saturated rings. The van der Waals surface area contributed by atoms with Gasteiger partial charge >= 0.3 is 6.03 Å². The van der Waals surface area contributed by atoms with Crippen molar-refractivity contribution in [3.8, 4) is 5.75 Å². The van der Waals surface area contributed by atoms with E-state index in [4.69, 9.17) is 4.74 Å². The summed E-state index contributed by atoms with van der Waals surface area (Å²) >= 11 is 0. The minimum Gasteiger partial charge on any atom is -0.494 e. The molecule has 1 aliphatic carbocycles. The number of carbonyl (C=O) groups is 2. The second-order valence-electron chi connectivity index (χ2n) is 6.17. The number of carbonyl (C=O) groups excluding carboxylic acids is 2. The lowest BCUT2D eigenvalue weighted by molar-refractivity contribution is -0.125. The fraction of sp³-hybridized carbons (Fsp3) is 0.556. The van der Waals surface area contributed by atoms with Crippen molar-refractivity contribution in [3.63, 3.8) is 0 Å². The van der Waals surface area contributed by atoms with Gasteiger partial charge in [-0.1, -0.05) is 0 Å². The first-order chi connectivity index (χ1) is 11.5. The first-order valence-electron chi connectivity index (χ1n) is 8.56. The Morgan fingerprint density at radius 1 is 1.21 bits per heavy atom. The third kappa shape index (κ3) is 4.88. The van der Waals surface area contributed by atoms with E-state index in [0.717, 1.165) is 42.7 Å². The summed E-state index contributed by atoms with van der Waals surface area (Å²) in [4.78, 5) is 23.8. The topological polar surface area (TPSA) is 79.5 Å². The molecule has 1 aromatic carbocycles. The Morgan fingerprint density at radius 2 is 1.92 bits per heavy atom. The van der Waals surface area contributed by atoms with Crippen molar-refractivity contribution in [1.29, 1.82) is 0 Å². The fourth-order valence-electron chi connectivity index (χ4n) is 3.10. The number of ether oxygens (including phenoxy) is 1. The van der Waals surface area contributed by atoms with E-state index in [0.29, 0.717) is 6.61 Å². The number of hydrogen-bond donors (Lipinski definition) is 3. The normalized spacial score (nSPS) is 20.1.